The maximum atomic E-state index is 12.2. The van der Waals surface area contributed by atoms with E-state index in [9.17, 15) is 13.2 Å². The van der Waals surface area contributed by atoms with Gasteiger partial charge in [-0.15, -0.1) is 0 Å². The van der Waals surface area contributed by atoms with Crippen molar-refractivity contribution in [2.75, 3.05) is 25.6 Å². The molecule has 0 bridgehead atoms. The van der Waals surface area contributed by atoms with Gasteiger partial charge in [0.2, 0.25) is 0 Å². The molecule has 18 heavy (non-hydrogen) atoms. The summed E-state index contributed by atoms with van der Waals surface area (Å²) in [6.07, 6.45) is 0. The third-order valence-electron chi connectivity index (χ3n) is 2.97. The van der Waals surface area contributed by atoms with E-state index in [4.69, 9.17) is 9.84 Å². The minimum Gasteiger partial charge on any atom is -0.497 e. The molecule has 1 atom stereocenters. The lowest BCUT2D eigenvalue weighted by atomic mass is 10.2. The zero-order valence-electron chi connectivity index (χ0n) is 9.95. The van der Waals surface area contributed by atoms with Crippen molar-refractivity contribution in [3.05, 3.63) is 18.2 Å². The summed E-state index contributed by atoms with van der Waals surface area (Å²) in [5.41, 5.74) is 0.494. The molecule has 0 fully saturated rings. The van der Waals surface area contributed by atoms with Crippen molar-refractivity contribution >= 4 is 21.5 Å². The number of benzene rings is 1. The van der Waals surface area contributed by atoms with Crippen LogP contribution in [-0.4, -0.2) is 45.4 Å². The number of anilines is 1. The molecule has 0 saturated heterocycles. The average Bonchev–Trinajstić information content (AvgIpc) is 2.33. The number of hydrogen-bond acceptors (Lipinski definition) is 5. The molecule has 7 heteroatoms. The Labute approximate surface area is 105 Å². The highest BCUT2D eigenvalue weighted by molar-refractivity contribution is 7.93. The van der Waals surface area contributed by atoms with E-state index in [0.717, 1.165) is 0 Å². The molecule has 1 aromatic rings. The van der Waals surface area contributed by atoms with Crippen LogP contribution in [0.4, 0.5) is 5.69 Å². The van der Waals surface area contributed by atoms with E-state index in [0.29, 0.717) is 11.4 Å². The van der Waals surface area contributed by atoms with Gasteiger partial charge in [0.05, 0.1) is 17.7 Å². The number of methoxy groups -OCH3 is 1. The molecule has 1 unspecified atom stereocenters. The molecule has 0 aromatic heterocycles. The van der Waals surface area contributed by atoms with Crippen molar-refractivity contribution < 1.29 is 23.1 Å². The summed E-state index contributed by atoms with van der Waals surface area (Å²) in [5, 5.41) is 7.56. The largest absolute Gasteiger partial charge is 0.497 e. The van der Waals surface area contributed by atoms with Gasteiger partial charge in [0.25, 0.3) is 0 Å². The van der Waals surface area contributed by atoms with Gasteiger partial charge < -0.3 is 14.7 Å². The molecule has 1 N–H and O–H groups in total. The van der Waals surface area contributed by atoms with Crippen LogP contribution in [0.5, 0.6) is 5.75 Å². The van der Waals surface area contributed by atoms with Crippen molar-refractivity contribution in [3.63, 3.8) is 0 Å². The summed E-state index contributed by atoms with van der Waals surface area (Å²) < 4.78 is 29.4. The topological polar surface area (TPSA) is 83.9 Å². The Hall–Kier alpha value is -1.76. The molecular formula is C11H13NO5S. The average molecular weight is 271 g/mol. The first-order valence-corrected chi connectivity index (χ1v) is 6.78. The van der Waals surface area contributed by atoms with Crippen LogP contribution in [0.1, 0.15) is 0 Å². The van der Waals surface area contributed by atoms with Gasteiger partial charge in [0.15, 0.2) is 15.1 Å². The lowest BCUT2D eigenvalue weighted by molar-refractivity contribution is -0.136. The fraction of sp³-hybridized carbons (Fsp3) is 0.364. The minimum absolute atomic E-state index is 0.00278. The molecule has 1 heterocycles. The van der Waals surface area contributed by atoms with Crippen LogP contribution in [0.15, 0.2) is 23.1 Å². The van der Waals surface area contributed by atoms with Crippen LogP contribution in [-0.2, 0) is 14.6 Å². The Morgan fingerprint density at radius 2 is 2.17 bits per heavy atom. The quantitative estimate of drug-likeness (QED) is 0.836. The number of nitrogens with zero attached hydrogens (tertiary/aromatic N) is 1. The lowest BCUT2D eigenvalue weighted by Crippen LogP contribution is -2.45. The highest BCUT2D eigenvalue weighted by atomic mass is 32.2. The van der Waals surface area contributed by atoms with Gasteiger partial charge >= 0.3 is 5.97 Å². The number of carbonyl (C=O) groups is 1. The second-order valence-corrected chi connectivity index (χ2v) is 6.18. The van der Waals surface area contributed by atoms with E-state index in [1.54, 1.807) is 24.1 Å². The first-order valence-electron chi connectivity index (χ1n) is 5.24. The fourth-order valence-corrected chi connectivity index (χ4v) is 3.76. The second kappa shape index (κ2) is 4.16. The molecule has 0 saturated carbocycles. The number of carboxylic acid groups (broad SMARTS) is 1. The molecular weight excluding hydrogens is 258 g/mol. The van der Waals surface area contributed by atoms with Gasteiger partial charge in [0.1, 0.15) is 5.75 Å². The number of rotatable bonds is 2. The van der Waals surface area contributed by atoms with Crippen molar-refractivity contribution in [2.24, 2.45) is 0 Å². The number of fused-ring (bicyclic) bond motifs is 1. The van der Waals surface area contributed by atoms with Crippen LogP contribution in [0, 0.1) is 0 Å². The monoisotopic (exact) mass is 271 g/mol. The molecule has 0 aliphatic carbocycles. The Morgan fingerprint density at radius 3 is 2.72 bits per heavy atom. The number of aliphatic carboxylic acids is 1. The Morgan fingerprint density at radius 1 is 1.50 bits per heavy atom. The zero-order valence-corrected chi connectivity index (χ0v) is 10.8. The van der Waals surface area contributed by atoms with Gasteiger partial charge in [-0.1, -0.05) is 0 Å². The van der Waals surface area contributed by atoms with Crippen LogP contribution in [0.25, 0.3) is 0 Å². The Kier molecular flexibility index (Phi) is 2.94. The Bertz CT molecular complexity index is 595. The number of ether oxygens (including phenoxy) is 1. The van der Waals surface area contributed by atoms with Crippen molar-refractivity contribution in [1.82, 2.24) is 0 Å². The number of carboxylic acids is 1. The number of hydrogen-bond donors (Lipinski definition) is 1. The summed E-state index contributed by atoms with van der Waals surface area (Å²) in [7, 11) is -0.780. The predicted octanol–water partition coefficient (Wildman–Crippen LogP) is 0.372. The summed E-state index contributed by atoms with van der Waals surface area (Å²) in [4.78, 5) is 12.7. The second-order valence-electron chi connectivity index (χ2n) is 4.09. The highest BCUT2D eigenvalue weighted by Crippen LogP contribution is 2.35. The summed E-state index contributed by atoms with van der Waals surface area (Å²) in [6, 6.07) is 4.62. The van der Waals surface area contributed by atoms with Gasteiger partial charge in [0, 0.05) is 19.7 Å². The molecule has 1 aliphatic heterocycles. The number of sulfone groups is 1. The summed E-state index contributed by atoms with van der Waals surface area (Å²) in [6.45, 7) is -0.0585. The Balaban J connectivity index is 2.66. The molecule has 0 amide bonds. The standard InChI is InChI=1S/C11H13NO5S/c1-12-6-10(11(13)14)18(15,16)9-5-7(17-2)3-4-8(9)12/h3-5,10H,6H2,1-2H3,(H,13,14). The van der Waals surface area contributed by atoms with Gasteiger partial charge in [-0.3, -0.25) is 4.79 Å². The van der Waals surface area contributed by atoms with E-state index < -0.39 is 21.1 Å². The van der Waals surface area contributed by atoms with E-state index >= 15 is 0 Å². The third-order valence-corrected chi connectivity index (χ3v) is 5.01. The summed E-state index contributed by atoms with van der Waals surface area (Å²) >= 11 is 0. The van der Waals surface area contributed by atoms with E-state index in [1.165, 1.54) is 13.2 Å². The predicted molar refractivity (Wildman–Crippen MR) is 64.9 cm³/mol. The molecule has 0 radical (unpaired) electrons. The molecule has 2 rings (SSSR count). The van der Waals surface area contributed by atoms with E-state index in [2.05, 4.69) is 0 Å². The molecule has 1 aliphatic rings. The normalized spacial score (nSPS) is 21.2. The van der Waals surface area contributed by atoms with E-state index in [1.807, 2.05) is 0 Å². The van der Waals surface area contributed by atoms with Gasteiger partial charge in [-0.2, -0.15) is 0 Å². The fourth-order valence-electron chi connectivity index (χ4n) is 1.97. The lowest BCUT2D eigenvalue weighted by Gasteiger charge is -2.31. The van der Waals surface area contributed by atoms with Crippen molar-refractivity contribution in [2.45, 2.75) is 10.1 Å². The zero-order chi connectivity index (χ0) is 13.5. The summed E-state index contributed by atoms with van der Waals surface area (Å²) in [5.74, 6) is -0.952. The molecule has 98 valence electrons. The van der Waals surface area contributed by atoms with Crippen LogP contribution in [0.2, 0.25) is 0 Å². The molecule has 6 nitrogen and oxygen atoms in total. The minimum atomic E-state index is -3.87. The van der Waals surface area contributed by atoms with Crippen molar-refractivity contribution in [3.8, 4) is 5.75 Å². The first kappa shape index (κ1) is 12.7. The molecule has 0 spiro atoms. The third kappa shape index (κ3) is 1.80. The molecule has 1 aromatic carbocycles. The van der Waals surface area contributed by atoms with Crippen LogP contribution >= 0.6 is 0 Å². The van der Waals surface area contributed by atoms with Crippen LogP contribution in [0.3, 0.4) is 0 Å². The van der Waals surface area contributed by atoms with E-state index in [-0.39, 0.29) is 11.4 Å². The highest BCUT2D eigenvalue weighted by Gasteiger charge is 2.41. The van der Waals surface area contributed by atoms with Gasteiger partial charge in [-0.25, -0.2) is 8.42 Å². The van der Waals surface area contributed by atoms with Crippen molar-refractivity contribution in [1.29, 1.82) is 0 Å². The smallest absolute Gasteiger partial charge is 0.324 e. The van der Waals surface area contributed by atoms with Gasteiger partial charge in [-0.05, 0) is 12.1 Å². The van der Waals surface area contributed by atoms with Crippen LogP contribution < -0.4 is 9.64 Å². The maximum Gasteiger partial charge on any atom is 0.324 e. The SMILES string of the molecule is COc1ccc2c(c1)S(=O)(=O)C(C(=O)O)CN2C. The maximum absolute atomic E-state index is 12.2. The first-order chi connectivity index (χ1) is 8.37.